The zero-order chi connectivity index (χ0) is 21.4. The number of aromatic nitrogens is 4. The Morgan fingerprint density at radius 3 is 2.68 bits per heavy atom. The summed E-state index contributed by atoms with van der Waals surface area (Å²) in [7, 11) is 0. The number of anilines is 1. The number of pyridine rings is 2. The molecule has 0 bridgehead atoms. The predicted octanol–water partition coefficient (Wildman–Crippen LogP) is 4.89. The van der Waals surface area contributed by atoms with Crippen molar-refractivity contribution in [2.24, 2.45) is 0 Å². The molecule has 0 radical (unpaired) electrons. The fourth-order valence-electron chi connectivity index (χ4n) is 3.42. The monoisotopic (exact) mass is 411 g/mol. The molecule has 0 aliphatic heterocycles. The molecule has 6 nitrogen and oxygen atoms in total. The Labute approximate surface area is 177 Å². The molecule has 1 N–H and O–H groups in total. The maximum atomic E-state index is 13.6. The first-order valence-electron chi connectivity index (χ1n) is 9.74. The van der Waals surface area contributed by atoms with Gasteiger partial charge in [-0.1, -0.05) is 18.2 Å². The van der Waals surface area contributed by atoms with E-state index in [1.54, 1.807) is 35.3 Å². The van der Waals surface area contributed by atoms with Gasteiger partial charge in [0.05, 0.1) is 11.9 Å². The second-order valence-electron chi connectivity index (χ2n) is 7.20. The zero-order valence-corrected chi connectivity index (χ0v) is 16.7. The molecule has 0 atom stereocenters. The van der Waals surface area contributed by atoms with E-state index in [9.17, 15) is 9.18 Å². The molecule has 152 valence electrons. The number of amides is 1. The van der Waals surface area contributed by atoms with Crippen LogP contribution in [0.5, 0.6) is 0 Å². The second kappa shape index (κ2) is 7.53. The number of carbonyl (C=O) groups is 1. The van der Waals surface area contributed by atoms with Gasteiger partial charge < -0.3 is 9.72 Å². The number of hydrogen-bond acceptors (Lipinski definition) is 3. The number of nitrogens with zero attached hydrogens (tertiary/aromatic N) is 4. The van der Waals surface area contributed by atoms with E-state index in [1.165, 1.54) is 12.1 Å². The summed E-state index contributed by atoms with van der Waals surface area (Å²) in [6.45, 7) is 1.88. The van der Waals surface area contributed by atoms with Gasteiger partial charge in [0.2, 0.25) is 0 Å². The number of rotatable bonds is 4. The Hall–Kier alpha value is -4.26. The Kier molecular flexibility index (Phi) is 4.55. The first-order chi connectivity index (χ1) is 15.1. The molecule has 1 aromatic carbocycles. The van der Waals surface area contributed by atoms with Gasteiger partial charge in [0.25, 0.3) is 5.91 Å². The summed E-state index contributed by atoms with van der Waals surface area (Å²) in [5.41, 5.74) is 4.40. The largest absolute Gasteiger partial charge is 0.319 e. The summed E-state index contributed by atoms with van der Waals surface area (Å²) < 4.78 is 17.2. The van der Waals surface area contributed by atoms with Gasteiger partial charge in [0.15, 0.2) is 5.69 Å². The van der Waals surface area contributed by atoms with Crippen LogP contribution in [0.4, 0.5) is 10.1 Å². The molecule has 0 aliphatic rings. The molecule has 0 unspecified atom stereocenters. The topological polar surface area (TPSA) is 64.2 Å². The number of hydrogen-bond donors (Lipinski definition) is 1. The summed E-state index contributed by atoms with van der Waals surface area (Å²) in [4.78, 5) is 16.7. The molecule has 4 aromatic heterocycles. The molecule has 1 amide bonds. The lowest BCUT2D eigenvalue weighted by Crippen LogP contribution is -2.13. The summed E-state index contributed by atoms with van der Waals surface area (Å²) in [6, 6.07) is 19.6. The SMILES string of the molecule is Cc1ccc(NC(=O)c2ccn(-c3ccc4ccc(-c5cccc(F)c5)cn34)n2)cn1. The standard InChI is InChI=1S/C24H18FN5O/c1-16-5-7-20(14-26-16)27-24(31)22-11-12-30(28-22)23-10-9-21-8-6-18(15-29(21)23)17-3-2-4-19(25)13-17/h2-15H,1H3,(H,27,31). The third-order valence-corrected chi connectivity index (χ3v) is 5.01. The van der Waals surface area contributed by atoms with Crippen molar-refractivity contribution in [3.8, 4) is 16.9 Å². The van der Waals surface area contributed by atoms with E-state index in [-0.39, 0.29) is 17.4 Å². The molecular weight excluding hydrogens is 393 g/mol. The summed E-state index contributed by atoms with van der Waals surface area (Å²) in [5, 5.41) is 7.23. The van der Waals surface area contributed by atoms with Gasteiger partial charge in [-0.15, -0.1) is 0 Å². The maximum Gasteiger partial charge on any atom is 0.276 e. The number of halogens is 1. The van der Waals surface area contributed by atoms with Crippen molar-refractivity contribution in [1.82, 2.24) is 19.2 Å². The van der Waals surface area contributed by atoms with Gasteiger partial charge >= 0.3 is 0 Å². The van der Waals surface area contributed by atoms with Crippen molar-refractivity contribution in [3.05, 3.63) is 103 Å². The molecule has 4 heterocycles. The lowest BCUT2D eigenvalue weighted by molar-refractivity contribution is 0.102. The third kappa shape index (κ3) is 3.69. The van der Waals surface area contributed by atoms with Crippen LogP contribution in [0.15, 0.2) is 85.3 Å². The van der Waals surface area contributed by atoms with Crippen LogP contribution in [0.2, 0.25) is 0 Å². The summed E-state index contributed by atoms with van der Waals surface area (Å²) in [6.07, 6.45) is 5.27. The van der Waals surface area contributed by atoms with Gasteiger partial charge in [0.1, 0.15) is 11.6 Å². The van der Waals surface area contributed by atoms with Gasteiger partial charge in [-0.2, -0.15) is 5.10 Å². The van der Waals surface area contributed by atoms with Crippen LogP contribution in [0, 0.1) is 12.7 Å². The minimum Gasteiger partial charge on any atom is -0.319 e. The van der Waals surface area contributed by atoms with E-state index >= 15 is 0 Å². The third-order valence-electron chi connectivity index (χ3n) is 5.01. The van der Waals surface area contributed by atoms with E-state index in [0.29, 0.717) is 5.69 Å². The van der Waals surface area contributed by atoms with Gasteiger partial charge in [0, 0.05) is 23.6 Å². The molecule has 0 saturated carbocycles. The fourth-order valence-corrected chi connectivity index (χ4v) is 3.42. The number of nitrogens with one attached hydrogen (secondary N) is 1. The molecule has 5 rings (SSSR count). The minimum absolute atomic E-state index is 0.281. The van der Waals surface area contributed by atoms with E-state index in [1.807, 2.05) is 53.9 Å². The Balaban J connectivity index is 1.46. The van der Waals surface area contributed by atoms with E-state index < -0.39 is 0 Å². The van der Waals surface area contributed by atoms with Crippen molar-refractivity contribution in [2.75, 3.05) is 5.32 Å². The van der Waals surface area contributed by atoms with Crippen LogP contribution in [0.3, 0.4) is 0 Å². The zero-order valence-electron chi connectivity index (χ0n) is 16.7. The van der Waals surface area contributed by atoms with E-state index in [2.05, 4.69) is 15.4 Å². The molecule has 31 heavy (non-hydrogen) atoms. The predicted molar refractivity (Wildman–Crippen MR) is 117 cm³/mol. The van der Waals surface area contributed by atoms with Crippen molar-refractivity contribution in [3.63, 3.8) is 0 Å². The smallest absolute Gasteiger partial charge is 0.276 e. The normalized spacial score (nSPS) is 11.0. The van der Waals surface area contributed by atoms with Crippen LogP contribution in [-0.2, 0) is 0 Å². The second-order valence-corrected chi connectivity index (χ2v) is 7.20. The van der Waals surface area contributed by atoms with Gasteiger partial charge in [-0.3, -0.25) is 9.78 Å². The lowest BCUT2D eigenvalue weighted by Gasteiger charge is -2.07. The first-order valence-corrected chi connectivity index (χ1v) is 9.74. The number of fused-ring (bicyclic) bond motifs is 1. The van der Waals surface area contributed by atoms with Crippen molar-refractivity contribution < 1.29 is 9.18 Å². The number of benzene rings is 1. The van der Waals surface area contributed by atoms with Crippen LogP contribution in [0.1, 0.15) is 16.2 Å². The first kappa shape index (κ1) is 18.7. The molecule has 0 fully saturated rings. The Bertz CT molecular complexity index is 1400. The highest BCUT2D eigenvalue weighted by atomic mass is 19.1. The van der Waals surface area contributed by atoms with Crippen LogP contribution in [0.25, 0.3) is 22.5 Å². The molecule has 0 saturated heterocycles. The van der Waals surface area contributed by atoms with Crippen molar-refractivity contribution in [2.45, 2.75) is 6.92 Å². The van der Waals surface area contributed by atoms with Crippen LogP contribution < -0.4 is 5.32 Å². The fraction of sp³-hybridized carbons (Fsp3) is 0.0417. The highest BCUT2D eigenvalue weighted by molar-refractivity contribution is 6.02. The average Bonchev–Trinajstić information content (AvgIpc) is 3.42. The Morgan fingerprint density at radius 1 is 1.00 bits per heavy atom. The van der Waals surface area contributed by atoms with Crippen LogP contribution >= 0.6 is 0 Å². The summed E-state index contributed by atoms with van der Waals surface area (Å²) in [5.74, 6) is 0.173. The molecule has 7 heteroatoms. The highest BCUT2D eigenvalue weighted by Crippen LogP contribution is 2.23. The molecule has 0 spiro atoms. The van der Waals surface area contributed by atoms with E-state index in [0.717, 1.165) is 28.2 Å². The Morgan fingerprint density at radius 2 is 1.87 bits per heavy atom. The van der Waals surface area contributed by atoms with Gasteiger partial charge in [-0.25, -0.2) is 9.07 Å². The number of aryl methyl sites for hydroxylation is 1. The summed E-state index contributed by atoms with van der Waals surface area (Å²) >= 11 is 0. The molecule has 5 aromatic rings. The van der Waals surface area contributed by atoms with Crippen molar-refractivity contribution in [1.29, 1.82) is 0 Å². The lowest BCUT2D eigenvalue weighted by atomic mass is 10.1. The number of carbonyl (C=O) groups excluding carboxylic acids is 1. The quantitative estimate of drug-likeness (QED) is 0.458. The maximum absolute atomic E-state index is 13.6. The average molecular weight is 411 g/mol. The molecule has 0 aliphatic carbocycles. The molecular formula is C24H18FN5O. The highest BCUT2D eigenvalue weighted by Gasteiger charge is 2.13. The van der Waals surface area contributed by atoms with Crippen molar-refractivity contribution >= 4 is 17.1 Å². The van der Waals surface area contributed by atoms with Gasteiger partial charge in [-0.05, 0) is 66.6 Å². The minimum atomic E-state index is -0.314. The van der Waals surface area contributed by atoms with Crippen LogP contribution in [-0.4, -0.2) is 25.1 Å². The van der Waals surface area contributed by atoms with E-state index in [4.69, 9.17) is 0 Å².